The second kappa shape index (κ2) is 7.80. The molecule has 0 aliphatic carbocycles. The molecular weight excluding hydrogens is 340 g/mol. The topological polar surface area (TPSA) is 54.6 Å². The monoisotopic (exact) mass is 364 g/mol. The van der Waals surface area contributed by atoms with Crippen LogP contribution in [-0.2, 0) is 6.54 Å². The van der Waals surface area contributed by atoms with E-state index in [1.807, 2.05) is 24.3 Å². The molecule has 1 fully saturated rings. The number of ether oxygens (including phenoxy) is 1. The van der Waals surface area contributed by atoms with Crippen LogP contribution in [0, 0.1) is 6.92 Å². The van der Waals surface area contributed by atoms with Gasteiger partial charge in [0.1, 0.15) is 5.75 Å². The Bertz CT molecular complexity index is 883. The summed E-state index contributed by atoms with van der Waals surface area (Å²) in [7, 11) is 1.70. The molecule has 1 aliphatic rings. The van der Waals surface area contributed by atoms with E-state index in [4.69, 9.17) is 9.15 Å². The lowest BCUT2D eigenvalue weighted by molar-refractivity contribution is 0.227. The fraction of sp³-hybridized carbons (Fsp3) is 0.333. The molecule has 2 aromatic carbocycles. The van der Waals surface area contributed by atoms with Crippen LogP contribution in [0.25, 0.3) is 11.5 Å². The minimum absolute atomic E-state index is 0.583. The molecule has 3 aromatic rings. The van der Waals surface area contributed by atoms with Crippen LogP contribution in [0.1, 0.15) is 11.5 Å². The van der Waals surface area contributed by atoms with Crippen LogP contribution in [0.2, 0.25) is 0 Å². The van der Waals surface area contributed by atoms with Gasteiger partial charge < -0.3 is 14.1 Å². The van der Waals surface area contributed by atoms with Gasteiger partial charge in [0.15, 0.2) is 0 Å². The fourth-order valence-corrected chi connectivity index (χ4v) is 3.29. The summed E-state index contributed by atoms with van der Waals surface area (Å²) >= 11 is 0. The van der Waals surface area contributed by atoms with E-state index in [9.17, 15) is 0 Å². The highest BCUT2D eigenvalue weighted by Gasteiger charge is 2.20. The summed E-state index contributed by atoms with van der Waals surface area (Å²) in [6, 6.07) is 16.4. The molecule has 0 unspecified atom stereocenters. The van der Waals surface area contributed by atoms with Crippen molar-refractivity contribution in [3.05, 3.63) is 60.0 Å². The Labute approximate surface area is 159 Å². The molecule has 0 radical (unpaired) electrons. The Morgan fingerprint density at radius 3 is 2.52 bits per heavy atom. The minimum Gasteiger partial charge on any atom is -0.497 e. The molecule has 0 amide bonds. The zero-order valence-corrected chi connectivity index (χ0v) is 15.8. The van der Waals surface area contributed by atoms with Crippen molar-refractivity contribution < 1.29 is 9.15 Å². The van der Waals surface area contributed by atoms with Crippen molar-refractivity contribution in [3.8, 4) is 17.2 Å². The molecule has 1 saturated heterocycles. The van der Waals surface area contributed by atoms with Crippen LogP contribution in [0.4, 0.5) is 5.69 Å². The number of piperazine rings is 1. The second-order valence-electron chi connectivity index (χ2n) is 6.83. The van der Waals surface area contributed by atoms with Crippen molar-refractivity contribution in [1.82, 2.24) is 15.1 Å². The van der Waals surface area contributed by atoms with Gasteiger partial charge in [-0.3, -0.25) is 4.90 Å². The number of anilines is 1. The number of hydrogen-bond acceptors (Lipinski definition) is 6. The lowest BCUT2D eigenvalue weighted by atomic mass is 10.1. The number of hydrogen-bond donors (Lipinski definition) is 0. The highest BCUT2D eigenvalue weighted by molar-refractivity contribution is 5.53. The molecule has 0 saturated carbocycles. The Hall–Kier alpha value is -2.86. The van der Waals surface area contributed by atoms with E-state index in [0.29, 0.717) is 18.3 Å². The maximum absolute atomic E-state index is 5.86. The molecule has 6 nitrogen and oxygen atoms in total. The van der Waals surface area contributed by atoms with Crippen molar-refractivity contribution in [3.63, 3.8) is 0 Å². The highest BCUT2D eigenvalue weighted by Crippen LogP contribution is 2.23. The van der Waals surface area contributed by atoms with E-state index in [1.165, 1.54) is 11.3 Å². The number of nitrogens with zero attached hydrogens (tertiary/aromatic N) is 4. The zero-order chi connectivity index (χ0) is 18.6. The molecule has 6 heteroatoms. The molecule has 0 bridgehead atoms. The van der Waals surface area contributed by atoms with Crippen LogP contribution in [-0.4, -0.2) is 48.4 Å². The van der Waals surface area contributed by atoms with Gasteiger partial charge in [-0.2, -0.15) is 0 Å². The number of benzene rings is 2. The molecule has 0 atom stereocenters. The van der Waals surface area contributed by atoms with E-state index >= 15 is 0 Å². The largest absolute Gasteiger partial charge is 0.497 e. The molecule has 0 spiro atoms. The summed E-state index contributed by atoms with van der Waals surface area (Å²) in [5, 5.41) is 8.42. The zero-order valence-electron chi connectivity index (χ0n) is 15.8. The van der Waals surface area contributed by atoms with Gasteiger partial charge >= 0.3 is 0 Å². The second-order valence-corrected chi connectivity index (χ2v) is 6.83. The van der Waals surface area contributed by atoms with Gasteiger partial charge in [-0.25, -0.2) is 0 Å². The smallest absolute Gasteiger partial charge is 0.247 e. The van der Waals surface area contributed by atoms with Crippen molar-refractivity contribution in [2.75, 3.05) is 38.2 Å². The Balaban J connectivity index is 1.35. The summed E-state index contributed by atoms with van der Waals surface area (Å²) in [4.78, 5) is 4.73. The maximum Gasteiger partial charge on any atom is 0.247 e. The molecule has 4 rings (SSSR count). The molecule has 1 aromatic heterocycles. The van der Waals surface area contributed by atoms with Gasteiger partial charge in [0.05, 0.1) is 13.7 Å². The van der Waals surface area contributed by atoms with E-state index in [2.05, 4.69) is 51.2 Å². The third-order valence-corrected chi connectivity index (χ3v) is 4.91. The van der Waals surface area contributed by atoms with Crippen molar-refractivity contribution in [1.29, 1.82) is 0 Å². The van der Waals surface area contributed by atoms with Gasteiger partial charge in [0.25, 0.3) is 0 Å². The van der Waals surface area contributed by atoms with E-state index < -0.39 is 0 Å². The number of rotatable bonds is 5. The Morgan fingerprint density at radius 2 is 1.78 bits per heavy atom. The van der Waals surface area contributed by atoms with Gasteiger partial charge in [0.2, 0.25) is 11.8 Å². The first-order valence-electron chi connectivity index (χ1n) is 9.22. The normalized spacial score (nSPS) is 15.1. The molecule has 27 heavy (non-hydrogen) atoms. The summed E-state index contributed by atoms with van der Waals surface area (Å²) in [5.41, 5.74) is 3.38. The van der Waals surface area contributed by atoms with Crippen LogP contribution < -0.4 is 9.64 Å². The fourth-order valence-electron chi connectivity index (χ4n) is 3.29. The average molecular weight is 364 g/mol. The predicted molar refractivity (Wildman–Crippen MR) is 105 cm³/mol. The lowest BCUT2D eigenvalue weighted by Gasteiger charge is -2.35. The quantitative estimate of drug-likeness (QED) is 0.692. The SMILES string of the molecule is COc1cccc(N2CCN(Cc3nnc(-c4ccc(C)cc4)o3)CC2)c1. The van der Waals surface area contributed by atoms with Gasteiger partial charge in [-0.1, -0.05) is 23.8 Å². The Morgan fingerprint density at radius 1 is 1.00 bits per heavy atom. The van der Waals surface area contributed by atoms with Crippen LogP contribution in [0.5, 0.6) is 5.75 Å². The highest BCUT2D eigenvalue weighted by atomic mass is 16.5. The summed E-state index contributed by atoms with van der Waals surface area (Å²) in [6.07, 6.45) is 0. The van der Waals surface area contributed by atoms with Gasteiger partial charge in [-0.05, 0) is 31.2 Å². The first-order valence-corrected chi connectivity index (χ1v) is 9.22. The molecule has 2 heterocycles. The summed E-state index contributed by atoms with van der Waals surface area (Å²) in [6.45, 7) is 6.59. The first-order chi connectivity index (χ1) is 13.2. The van der Waals surface area contributed by atoms with Crippen LogP contribution in [0.3, 0.4) is 0 Å². The van der Waals surface area contributed by atoms with E-state index in [0.717, 1.165) is 37.5 Å². The molecule has 140 valence electrons. The summed E-state index contributed by atoms with van der Waals surface area (Å²) < 4.78 is 11.2. The maximum atomic E-state index is 5.86. The summed E-state index contributed by atoms with van der Waals surface area (Å²) in [5.74, 6) is 2.14. The van der Waals surface area contributed by atoms with Gasteiger partial charge in [0, 0.05) is 43.5 Å². The van der Waals surface area contributed by atoms with E-state index in [-0.39, 0.29) is 0 Å². The van der Waals surface area contributed by atoms with Crippen molar-refractivity contribution in [2.45, 2.75) is 13.5 Å². The Kier molecular flexibility index (Phi) is 5.07. The average Bonchev–Trinajstić information content (AvgIpc) is 3.17. The number of methoxy groups -OCH3 is 1. The standard InChI is InChI=1S/C21H24N4O2/c1-16-6-8-17(9-7-16)21-23-22-20(27-21)15-24-10-12-25(13-11-24)18-4-3-5-19(14-18)26-2/h3-9,14H,10-13,15H2,1-2H3. The molecule has 0 N–H and O–H groups in total. The number of aromatic nitrogens is 2. The first kappa shape index (κ1) is 17.5. The molecular formula is C21H24N4O2. The third-order valence-electron chi connectivity index (χ3n) is 4.91. The van der Waals surface area contributed by atoms with Crippen LogP contribution >= 0.6 is 0 Å². The predicted octanol–water partition coefficient (Wildman–Crippen LogP) is 3.38. The van der Waals surface area contributed by atoms with Crippen molar-refractivity contribution >= 4 is 5.69 Å². The minimum atomic E-state index is 0.583. The van der Waals surface area contributed by atoms with Crippen molar-refractivity contribution in [2.24, 2.45) is 0 Å². The molecule has 1 aliphatic heterocycles. The third kappa shape index (κ3) is 4.11. The number of aryl methyl sites for hydroxylation is 1. The van der Waals surface area contributed by atoms with Gasteiger partial charge in [-0.15, -0.1) is 10.2 Å². The lowest BCUT2D eigenvalue weighted by Crippen LogP contribution is -2.46. The van der Waals surface area contributed by atoms with E-state index in [1.54, 1.807) is 7.11 Å². The van der Waals surface area contributed by atoms with Crippen LogP contribution in [0.15, 0.2) is 52.9 Å².